The molecule has 1 aliphatic rings. The molecule has 1 saturated carbocycles. The molecule has 1 fully saturated rings. The fourth-order valence-electron chi connectivity index (χ4n) is 1.77. The minimum absolute atomic E-state index is 0.0385. The lowest BCUT2D eigenvalue weighted by molar-refractivity contribution is 0.0735. The van der Waals surface area contributed by atoms with Gasteiger partial charge in [-0.05, 0) is 31.9 Å². The van der Waals surface area contributed by atoms with Gasteiger partial charge < -0.3 is 10.6 Å². The highest BCUT2D eigenvalue weighted by atomic mass is 16.2. The van der Waals surface area contributed by atoms with Crippen LogP contribution in [0.25, 0.3) is 0 Å². The van der Waals surface area contributed by atoms with Gasteiger partial charge in [0.2, 0.25) is 0 Å². The molecular weight excluding hydrogens is 204 g/mol. The molecule has 0 atom stereocenters. The molecule has 16 heavy (non-hydrogen) atoms. The van der Waals surface area contributed by atoms with Crippen LogP contribution in [-0.2, 0) is 7.05 Å². The Morgan fingerprint density at radius 3 is 2.94 bits per heavy atom. The van der Waals surface area contributed by atoms with Gasteiger partial charge >= 0.3 is 0 Å². The van der Waals surface area contributed by atoms with Crippen molar-refractivity contribution in [2.24, 2.45) is 12.8 Å². The average molecular weight is 222 g/mol. The Balaban J connectivity index is 2.04. The molecule has 1 aliphatic carbocycles. The van der Waals surface area contributed by atoms with Crippen molar-refractivity contribution in [1.29, 1.82) is 0 Å². The van der Waals surface area contributed by atoms with E-state index >= 15 is 0 Å². The zero-order chi connectivity index (χ0) is 11.5. The summed E-state index contributed by atoms with van der Waals surface area (Å²) in [7, 11) is 1.82. The molecule has 1 aromatic rings. The molecule has 2 N–H and O–H groups in total. The molecule has 0 aliphatic heterocycles. The van der Waals surface area contributed by atoms with Crippen molar-refractivity contribution < 1.29 is 4.79 Å². The highest BCUT2D eigenvalue weighted by molar-refractivity contribution is 5.92. The second kappa shape index (κ2) is 4.65. The third-order valence-corrected chi connectivity index (χ3v) is 2.78. The van der Waals surface area contributed by atoms with Gasteiger partial charge in [-0.2, -0.15) is 5.10 Å². The maximum atomic E-state index is 12.2. The Kier molecular flexibility index (Phi) is 3.24. The van der Waals surface area contributed by atoms with E-state index in [2.05, 4.69) is 5.10 Å². The quantitative estimate of drug-likeness (QED) is 0.783. The first-order valence-corrected chi connectivity index (χ1v) is 5.73. The molecular formula is C11H18N4O. The van der Waals surface area contributed by atoms with Crippen LogP contribution in [0.1, 0.15) is 29.8 Å². The number of hydrogen-bond acceptors (Lipinski definition) is 3. The summed E-state index contributed by atoms with van der Waals surface area (Å²) in [5, 5.41) is 4.14. The number of hydrogen-bond donors (Lipinski definition) is 1. The van der Waals surface area contributed by atoms with Crippen molar-refractivity contribution in [3.05, 3.63) is 18.0 Å². The number of carbonyl (C=O) groups is 1. The lowest BCUT2D eigenvalue weighted by atomic mass is 10.3. The molecule has 1 heterocycles. The minimum atomic E-state index is 0.0385. The van der Waals surface area contributed by atoms with Crippen LogP contribution in [0.3, 0.4) is 0 Å². The predicted octanol–water partition coefficient (Wildman–Crippen LogP) is 0.374. The minimum Gasteiger partial charge on any atom is -0.334 e. The fraction of sp³-hybridized carbons (Fsp3) is 0.636. The smallest absolute Gasteiger partial charge is 0.274 e. The van der Waals surface area contributed by atoms with Crippen LogP contribution in [0.15, 0.2) is 12.3 Å². The molecule has 0 spiro atoms. The summed E-state index contributed by atoms with van der Waals surface area (Å²) < 4.78 is 1.65. The van der Waals surface area contributed by atoms with Gasteiger partial charge in [0.1, 0.15) is 5.69 Å². The van der Waals surface area contributed by atoms with Crippen LogP contribution in [0.5, 0.6) is 0 Å². The lowest BCUT2D eigenvalue weighted by Crippen LogP contribution is -2.35. The molecule has 0 radical (unpaired) electrons. The Bertz CT molecular complexity index is 370. The number of aromatic nitrogens is 2. The Morgan fingerprint density at radius 1 is 1.69 bits per heavy atom. The first-order valence-electron chi connectivity index (χ1n) is 5.73. The molecule has 5 heteroatoms. The molecule has 2 rings (SSSR count). The number of nitrogens with two attached hydrogens (primary N) is 1. The highest BCUT2D eigenvalue weighted by Gasteiger charge is 2.33. The standard InChI is InChI=1S/C11H18N4O/c1-14-8-5-10(13-14)11(16)15(7-2-6-12)9-3-4-9/h5,8-9H,2-4,6-7,12H2,1H3. The molecule has 0 unspecified atom stereocenters. The molecule has 0 bridgehead atoms. The Hall–Kier alpha value is -1.36. The van der Waals surface area contributed by atoms with Gasteiger partial charge in [0.15, 0.2) is 0 Å². The summed E-state index contributed by atoms with van der Waals surface area (Å²) in [6.07, 6.45) is 4.88. The predicted molar refractivity (Wildman–Crippen MR) is 60.9 cm³/mol. The topological polar surface area (TPSA) is 64.2 Å². The van der Waals surface area contributed by atoms with E-state index in [0.29, 0.717) is 18.3 Å². The van der Waals surface area contributed by atoms with Crippen LogP contribution in [-0.4, -0.2) is 39.7 Å². The van der Waals surface area contributed by atoms with E-state index in [4.69, 9.17) is 5.73 Å². The number of amides is 1. The van der Waals surface area contributed by atoms with Crippen molar-refractivity contribution in [1.82, 2.24) is 14.7 Å². The zero-order valence-electron chi connectivity index (χ0n) is 9.59. The van der Waals surface area contributed by atoms with Crippen molar-refractivity contribution in [2.45, 2.75) is 25.3 Å². The van der Waals surface area contributed by atoms with E-state index in [1.165, 1.54) is 0 Å². The molecule has 88 valence electrons. The zero-order valence-corrected chi connectivity index (χ0v) is 9.59. The first kappa shape index (κ1) is 11.1. The molecule has 1 amide bonds. The van der Waals surface area contributed by atoms with Crippen molar-refractivity contribution in [3.8, 4) is 0 Å². The van der Waals surface area contributed by atoms with Gasteiger partial charge in [-0.1, -0.05) is 0 Å². The number of rotatable bonds is 5. The van der Waals surface area contributed by atoms with E-state index in [9.17, 15) is 4.79 Å². The van der Waals surface area contributed by atoms with Gasteiger partial charge in [-0.15, -0.1) is 0 Å². The normalized spacial score (nSPS) is 15.1. The molecule has 0 aromatic carbocycles. The van der Waals surface area contributed by atoms with Crippen molar-refractivity contribution >= 4 is 5.91 Å². The van der Waals surface area contributed by atoms with Gasteiger partial charge in [0.05, 0.1) is 0 Å². The number of aryl methyl sites for hydroxylation is 1. The average Bonchev–Trinajstić information content (AvgIpc) is 3.01. The molecule has 5 nitrogen and oxygen atoms in total. The monoisotopic (exact) mass is 222 g/mol. The summed E-state index contributed by atoms with van der Waals surface area (Å²) >= 11 is 0. The van der Waals surface area contributed by atoms with Crippen LogP contribution in [0.4, 0.5) is 0 Å². The van der Waals surface area contributed by atoms with E-state index < -0.39 is 0 Å². The maximum absolute atomic E-state index is 12.2. The second-order valence-electron chi connectivity index (χ2n) is 4.25. The van der Waals surface area contributed by atoms with Crippen LogP contribution < -0.4 is 5.73 Å². The van der Waals surface area contributed by atoms with Gasteiger partial charge in [0, 0.05) is 25.8 Å². The van der Waals surface area contributed by atoms with E-state index in [1.54, 1.807) is 16.9 Å². The largest absolute Gasteiger partial charge is 0.334 e. The Morgan fingerprint density at radius 2 is 2.44 bits per heavy atom. The number of nitrogens with zero attached hydrogens (tertiary/aromatic N) is 3. The van der Waals surface area contributed by atoms with Crippen LogP contribution >= 0.6 is 0 Å². The molecule has 0 saturated heterocycles. The second-order valence-corrected chi connectivity index (χ2v) is 4.25. The summed E-state index contributed by atoms with van der Waals surface area (Å²) in [6, 6.07) is 2.18. The van der Waals surface area contributed by atoms with Gasteiger partial charge in [-0.3, -0.25) is 9.48 Å². The summed E-state index contributed by atoms with van der Waals surface area (Å²) in [4.78, 5) is 14.1. The summed E-state index contributed by atoms with van der Waals surface area (Å²) in [6.45, 7) is 1.37. The highest BCUT2D eigenvalue weighted by Crippen LogP contribution is 2.28. The third kappa shape index (κ3) is 2.41. The van der Waals surface area contributed by atoms with E-state index in [0.717, 1.165) is 25.8 Å². The molecule has 1 aromatic heterocycles. The lowest BCUT2D eigenvalue weighted by Gasteiger charge is -2.20. The van der Waals surface area contributed by atoms with Crippen LogP contribution in [0.2, 0.25) is 0 Å². The SMILES string of the molecule is Cn1ccc(C(=O)N(CCCN)C2CC2)n1. The number of carbonyl (C=O) groups excluding carboxylic acids is 1. The third-order valence-electron chi connectivity index (χ3n) is 2.78. The fourth-order valence-corrected chi connectivity index (χ4v) is 1.77. The van der Waals surface area contributed by atoms with Gasteiger partial charge in [0.25, 0.3) is 5.91 Å². The van der Waals surface area contributed by atoms with E-state index in [-0.39, 0.29) is 5.91 Å². The Labute approximate surface area is 95.2 Å². The maximum Gasteiger partial charge on any atom is 0.274 e. The van der Waals surface area contributed by atoms with Crippen molar-refractivity contribution in [3.63, 3.8) is 0 Å². The van der Waals surface area contributed by atoms with E-state index in [1.807, 2.05) is 11.9 Å². The summed E-state index contributed by atoms with van der Waals surface area (Å²) in [5.74, 6) is 0.0385. The van der Waals surface area contributed by atoms with Gasteiger partial charge in [-0.25, -0.2) is 0 Å². The summed E-state index contributed by atoms with van der Waals surface area (Å²) in [5.41, 5.74) is 6.02. The van der Waals surface area contributed by atoms with Crippen molar-refractivity contribution in [2.75, 3.05) is 13.1 Å². The first-order chi connectivity index (χ1) is 7.72. The van der Waals surface area contributed by atoms with Crippen LogP contribution in [0, 0.1) is 0 Å².